The molecule has 1 aliphatic heterocycles. The summed E-state index contributed by atoms with van der Waals surface area (Å²) in [6.07, 6.45) is 25.4. The van der Waals surface area contributed by atoms with E-state index >= 15 is 0 Å². The van der Waals surface area contributed by atoms with Crippen LogP contribution in [-0.2, 0) is 14.3 Å². The summed E-state index contributed by atoms with van der Waals surface area (Å²) in [5, 5.41) is 75.3. The van der Waals surface area contributed by atoms with Gasteiger partial charge in [-0.1, -0.05) is 147 Å². The van der Waals surface area contributed by atoms with E-state index in [2.05, 4.69) is 43.5 Å². The number of hydrogen-bond acceptors (Lipinski definition) is 10. The fourth-order valence-electron chi connectivity index (χ4n) is 6.95. The molecule has 0 aromatic rings. The summed E-state index contributed by atoms with van der Waals surface area (Å²) < 4.78 is 11.0. The van der Waals surface area contributed by atoms with Crippen LogP contribution in [0.5, 0.6) is 0 Å². The zero-order chi connectivity index (χ0) is 40.5. The molecule has 11 heteroatoms. The summed E-state index contributed by atoms with van der Waals surface area (Å²) in [4.78, 5) is 13.0. The van der Waals surface area contributed by atoms with Crippen molar-refractivity contribution in [2.24, 2.45) is 0 Å². The lowest BCUT2D eigenvalue weighted by Gasteiger charge is -2.40. The van der Waals surface area contributed by atoms with E-state index in [-0.39, 0.29) is 12.8 Å². The zero-order valence-electron chi connectivity index (χ0n) is 34.7. The molecule has 1 amide bonds. The van der Waals surface area contributed by atoms with Crippen LogP contribution in [0.4, 0.5) is 0 Å². The monoisotopic (exact) mass is 786 g/mol. The van der Waals surface area contributed by atoms with Crippen molar-refractivity contribution in [2.75, 3.05) is 13.2 Å². The maximum Gasteiger partial charge on any atom is 0.249 e. The van der Waals surface area contributed by atoms with Gasteiger partial charge in [-0.05, 0) is 57.8 Å². The molecule has 1 fully saturated rings. The van der Waals surface area contributed by atoms with Crippen LogP contribution >= 0.6 is 0 Å². The molecule has 55 heavy (non-hydrogen) atoms. The molecule has 0 saturated carbocycles. The Balaban J connectivity index is 2.46. The van der Waals surface area contributed by atoms with Gasteiger partial charge in [0, 0.05) is 0 Å². The Kier molecular flexibility index (Phi) is 32.5. The van der Waals surface area contributed by atoms with Gasteiger partial charge < -0.3 is 50.5 Å². The Labute approximate surface area is 334 Å². The Morgan fingerprint density at radius 1 is 0.618 bits per heavy atom. The molecule has 8 N–H and O–H groups in total. The molecule has 1 aliphatic rings. The van der Waals surface area contributed by atoms with Gasteiger partial charge in [-0.3, -0.25) is 4.79 Å². The van der Waals surface area contributed by atoms with Crippen molar-refractivity contribution in [3.05, 3.63) is 24.3 Å². The van der Waals surface area contributed by atoms with Crippen LogP contribution < -0.4 is 5.32 Å². The van der Waals surface area contributed by atoms with Crippen molar-refractivity contribution in [1.82, 2.24) is 5.32 Å². The van der Waals surface area contributed by atoms with Crippen LogP contribution in [0.25, 0.3) is 0 Å². The molecule has 0 radical (unpaired) electrons. The predicted molar refractivity (Wildman–Crippen MR) is 219 cm³/mol. The number of amides is 1. The molecule has 11 nitrogen and oxygen atoms in total. The molecule has 0 bridgehead atoms. The molecule has 1 rings (SSSR count). The number of aliphatic hydroxyl groups excluding tert-OH is 7. The second-order valence-corrected chi connectivity index (χ2v) is 15.8. The summed E-state index contributed by atoms with van der Waals surface area (Å²) >= 11 is 0. The average Bonchev–Trinajstić information content (AvgIpc) is 3.18. The smallest absolute Gasteiger partial charge is 0.249 e. The van der Waals surface area contributed by atoms with Gasteiger partial charge in [0.15, 0.2) is 6.29 Å². The minimum absolute atomic E-state index is 0.232. The van der Waals surface area contributed by atoms with E-state index in [0.29, 0.717) is 12.8 Å². The third-order valence-corrected chi connectivity index (χ3v) is 10.7. The number of unbranched alkanes of at least 4 members (excludes halogenated alkanes) is 20. The minimum Gasteiger partial charge on any atom is -0.394 e. The number of nitrogens with one attached hydrogen (secondary N) is 1. The van der Waals surface area contributed by atoms with Crippen LogP contribution in [0.3, 0.4) is 0 Å². The van der Waals surface area contributed by atoms with E-state index in [1.807, 2.05) is 0 Å². The molecule has 1 heterocycles. The second kappa shape index (κ2) is 34.6. The highest BCUT2D eigenvalue weighted by atomic mass is 16.7. The van der Waals surface area contributed by atoms with Gasteiger partial charge in [-0.15, -0.1) is 0 Å². The first kappa shape index (κ1) is 51.6. The zero-order valence-corrected chi connectivity index (χ0v) is 34.7. The Hall–Kier alpha value is -1.41. The van der Waals surface area contributed by atoms with Gasteiger partial charge in [0.2, 0.25) is 5.91 Å². The molecular weight excluding hydrogens is 702 g/mol. The van der Waals surface area contributed by atoms with Crippen LogP contribution in [0.2, 0.25) is 0 Å². The lowest BCUT2D eigenvalue weighted by molar-refractivity contribution is -0.303. The van der Waals surface area contributed by atoms with Gasteiger partial charge >= 0.3 is 0 Å². The van der Waals surface area contributed by atoms with Gasteiger partial charge in [-0.2, -0.15) is 0 Å². The summed E-state index contributed by atoms with van der Waals surface area (Å²) in [6, 6.07) is -1.19. The average molecular weight is 786 g/mol. The number of carbonyl (C=O) groups is 1. The topological polar surface area (TPSA) is 189 Å². The molecular formula is C44H83NO10. The third kappa shape index (κ3) is 24.9. The fourth-order valence-corrected chi connectivity index (χ4v) is 6.95. The normalized spacial score (nSPS) is 22.7. The quantitative estimate of drug-likeness (QED) is 0.0252. The molecule has 0 spiro atoms. The predicted octanol–water partition coefficient (Wildman–Crippen LogP) is 6.67. The number of hydrogen-bond donors (Lipinski definition) is 8. The third-order valence-electron chi connectivity index (χ3n) is 10.7. The lowest BCUT2D eigenvalue weighted by Crippen LogP contribution is -2.60. The summed E-state index contributed by atoms with van der Waals surface area (Å²) in [7, 11) is 0. The Bertz CT molecular complexity index is 950. The number of ether oxygens (including phenoxy) is 2. The van der Waals surface area contributed by atoms with Crippen molar-refractivity contribution >= 4 is 5.91 Å². The number of rotatable bonds is 36. The van der Waals surface area contributed by atoms with Gasteiger partial charge in [0.05, 0.1) is 25.4 Å². The highest BCUT2D eigenvalue weighted by Gasteiger charge is 2.44. The van der Waals surface area contributed by atoms with Gasteiger partial charge in [-0.25, -0.2) is 0 Å². The maximum atomic E-state index is 13.0. The van der Waals surface area contributed by atoms with E-state index in [1.165, 1.54) is 89.9 Å². The van der Waals surface area contributed by atoms with E-state index in [0.717, 1.165) is 51.4 Å². The molecule has 9 atom stereocenters. The Morgan fingerprint density at radius 3 is 1.62 bits per heavy atom. The lowest BCUT2D eigenvalue weighted by atomic mass is 9.98. The second-order valence-electron chi connectivity index (χ2n) is 15.8. The number of aliphatic hydroxyl groups is 7. The van der Waals surface area contributed by atoms with Crippen molar-refractivity contribution in [3.63, 3.8) is 0 Å². The first-order chi connectivity index (χ1) is 26.7. The summed E-state index contributed by atoms with van der Waals surface area (Å²) in [5.74, 6) is -0.723. The van der Waals surface area contributed by atoms with Crippen molar-refractivity contribution in [3.8, 4) is 0 Å². The largest absolute Gasteiger partial charge is 0.394 e. The molecule has 9 unspecified atom stereocenters. The van der Waals surface area contributed by atoms with E-state index < -0.39 is 74.2 Å². The first-order valence-corrected chi connectivity index (χ1v) is 22.2. The molecule has 0 aromatic carbocycles. The molecule has 324 valence electrons. The van der Waals surface area contributed by atoms with Crippen molar-refractivity contribution < 1.29 is 50.0 Å². The van der Waals surface area contributed by atoms with Crippen LogP contribution in [0.1, 0.15) is 181 Å². The minimum atomic E-state index is -1.67. The highest BCUT2D eigenvalue weighted by molar-refractivity contribution is 5.80. The van der Waals surface area contributed by atoms with E-state index in [4.69, 9.17) is 9.47 Å². The first-order valence-electron chi connectivity index (χ1n) is 22.2. The number of allylic oxidation sites excluding steroid dienone is 4. The fraction of sp³-hybridized carbons (Fsp3) is 0.886. The number of carbonyl (C=O) groups excluding carboxylic acids is 1. The van der Waals surface area contributed by atoms with Crippen molar-refractivity contribution in [1.29, 1.82) is 0 Å². The van der Waals surface area contributed by atoms with Crippen LogP contribution in [0, 0.1) is 0 Å². The summed E-state index contributed by atoms with van der Waals surface area (Å²) in [5.41, 5.74) is 0. The molecule has 1 saturated heterocycles. The van der Waals surface area contributed by atoms with E-state index in [9.17, 15) is 40.5 Å². The van der Waals surface area contributed by atoms with Gasteiger partial charge in [0.1, 0.15) is 36.6 Å². The molecule has 0 aromatic heterocycles. The van der Waals surface area contributed by atoms with Crippen molar-refractivity contribution in [2.45, 2.75) is 236 Å². The maximum absolute atomic E-state index is 13.0. The standard InChI is InChI=1S/C44H83NO10/c1-3-5-7-9-11-13-14-15-16-17-18-19-20-21-22-24-25-27-29-31-36(47)39(49)35(34-54-44-42(52)41(51)40(50)38(33-46)55-44)45-43(53)37(48)32-30-28-26-23-12-10-8-6-4-2/h10,12,24-25,35-42,44,46-52H,3-9,11,13-23,26-34H2,1-2H3,(H,45,53)/b12-10-,25-24+. The van der Waals surface area contributed by atoms with E-state index in [1.54, 1.807) is 0 Å². The summed E-state index contributed by atoms with van der Waals surface area (Å²) in [6.45, 7) is 3.34. The molecule has 0 aliphatic carbocycles. The Morgan fingerprint density at radius 2 is 1.09 bits per heavy atom. The van der Waals surface area contributed by atoms with Crippen LogP contribution in [0.15, 0.2) is 24.3 Å². The SMILES string of the molecule is CCCC/C=C\CCCCCC(O)C(=O)NC(COC1OC(CO)C(O)C(O)C1O)C(O)C(O)CCC/C=C/CCCCCCCCCCCCCCCC. The van der Waals surface area contributed by atoms with Crippen LogP contribution in [-0.4, -0.2) is 110 Å². The van der Waals surface area contributed by atoms with Gasteiger partial charge in [0.25, 0.3) is 0 Å². The highest BCUT2D eigenvalue weighted by Crippen LogP contribution is 2.23.